The van der Waals surface area contributed by atoms with Gasteiger partial charge in [-0.15, -0.1) is 12.4 Å². The summed E-state index contributed by atoms with van der Waals surface area (Å²) < 4.78 is 0. The van der Waals surface area contributed by atoms with Crippen LogP contribution in [0.15, 0.2) is 0 Å². The number of piperidine rings is 1. The highest BCUT2D eigenvalue weighted by molar-refractivity contribution is 5.85. The maximum atomic E-state index is 11.7. The molecule has 2 N–H and O–H groups in total. The number of carbonyl (C=O) groups is 1. The summed E-state index contributed by atoms with van der Waals surface area (Å²) in [5, 5.41) is 6.38. The molecule has 3 rings (SSSR count). The Morgan fingerprint density at radius 3 is 2.55 bits per heavy atom. The van der Waals surface area contributed by atoms with E-state index in [4.69, 9.17) is 0 Å². The van der Waals surface area contributed by atoms with Crippen molar-refractivity contribution in [2.75, 3.05) is 45.8 Å². The first-order valence-electron chi connectivity index (χ1n) is 7.64. The van der Waals surface area contributed by atoms with E-state index in [-0.39, 0.29) is 18.4 Å². The van der Waals surface area contributed by atoms with E-state index in [0.717, 1.165) is 45.6 Å². The number of urea groups is 1. The lowest BCUT2D eigenvalue weighted by atomic mass is 9.88. The lowest BCUT2D eigenvalue weighted by Crippen LogP contribution is -2.48. The molecule has 3 aliphatic rings. The van der Waals surface area contributed by atoms with E-state index in [1.165, 1.54) is 19.5 Å². The number of hydrogen-bond donors (Lipinski definition) is 2. The fourth-order valence-corrected chi connectivity index (χ4v) is 3.77. The first-order chi connectivity index (χ1) is 9.16. The smallest absolute Gasteiger partial charge is 0.317 e. The van der Waals surface area contributed by atoms with Crippen molar-refractivity contribution >= 4 is 18.4 Å². The molecule has 3 saturated heterocycles. The third-order valence-corrected chi connectivity index (χ3v) is 4.95. The van der Waals surface area contributed by atoms with Crippen molar-refractivity contribution in [3.8, 4) is 0 Å². The number of nitrogens with one attached hydrogen (secondary N) is 2. The summed E-state index contributed by atoms with van der Waals surface area (Å²) in [5.41, 5.74) is 0.456. The fraction of sp³-hybridized carbons (Fsp3) is 0.929. The molecule has 3 heterocycles. The summed E-state index contributed by atoms with van der Waals surface area (Å²) in [6, 6.07) is 0.610. The van der Waals surface area contributed by atoms with Gasteiger partial charge in [-0.2, -0.15) is 0 Å². The van der Waals surface area contributed by atoms with Crippen molar-refractivity contribution in [1.29, 1.82) is 0 Å². The van der Waals surface area contributed by atoms with Gasteiger partial charge in [-0.3, -0.25) is 0 Å². The molecular formula is C14H27ClN4O. The second-order valence-corrected chi connectivity index (χ2v) is 6.67. The predicted octanol–water partition coefficient (Wildman–Crippen LogP) is 0.897. The van der Waals surface area contributed by atoms with Gasteiger partial charge in [0.15, 0.2) is 0 Å². The summed E-state index contributed by atoms with van der Waals surface area (Å²) in [5.74, 6) is 0. The van der Waals surface area contributed by atoms with E-state index >= 15 is 0 Å². The SMILES string of the molecule is CC1(CN2CCC(N3CCNC3=O)CC2)CCNC1.Cl. The first kappa shape index (κ1) is 15.9. The van der Waals surface area contributed by atoms with Crippen molar-refractivity contribution in [3.63, 3.8) is 0 Å². The number of amides is 2. The number of rotatable bonds is 3. The van der Waals surface area contributed by atoms with Crippen molar-refractivity contribution in [2.45, 2.75) is 32.2 Å². The van der Waals surface area contributed by atoms with Gasteiger partial charge in [-0.25, -0.2) is 4.79 Å². The summed E-state index contributed by atoms with van der Waals surface area (Å²) >= 11 is 0. The molecule has 2 amide bonds. The molecule has 0 aromatic heterocycles. The molecule has 1 unspecified atom stereocenters. The topological polar surface area (TPSA) is 47.6 Å². The van der Waals surface area contributed by atoms with Crippen LogP contribution < -0.4 is 10.6 Å². The van der Waals surface area contributed by atoms with E-state index in [0.29, 0.717) is 11.5 Å². The minimum Gasteiger partial charge on any atom is -0.336 e. The van der Waals surface area contributed by atoms with Crippen LogP contribution in [0.5, 0.6) is 0 Å². The van der Waals surface area contributed by atoms with Gasteiger partial charge in [0.1, 0.15) is 0 Å². The number of carbonyl (C=O) groups excluding carboxylic acids is 1. The van der Waals surface area contributed by atoms with Gasteiger partial charge in [-0.05, 0) is 31.2 Å². The molecule has 6 heteroatoms. The van der Waals surface area contributed by atoms with Crippen LogP contribution in [0, 0.1) is 5.41 Å². The molecule has 1 atom stereocenters. The van der Waals surface area contributed by atoms with Crippen LogP contribution in [0.3, 0.4) is 0 Å². The second-order valence-electron chi connectivity index (χ2n) is 6.67. The number of hydrogen-bond acceptors (Lipinski definition) is 3. The van der Waals surface area contributed by atoms with Gasteiger partial charge in [0.05, 0.1) is 0 Å². The third-order valence-electron chi connectivity index (χ3n) is 4.95. The highest BCUT2D eigenvalue weighted by Gasteiger charge is 2.34. The normalized spacial score (nSPS) is 32.2. The summed E-state index contributed by atoms with van der Waals surface area (Å²) in [6.45, 7) is 9.93. The van der Waals surface area contributed by atoms with Crippen LogP contribution in [-0.2, 0) is 0 Å². The van der Waals surface area contributed by atoms with Gasteiger partial charge in [0.2, 0.25) is 0 Å². The van der Waals surface area contributed by atoms with Gasteiger partial charge < -0.3 is 20.4 Å². The first-order valence-corrected chi connectivity index (χ1v) is 7.64. The van der Waals surface area contributed by atoms with Crippen molar-refractivity contribution < 1.29 is 4.79 Å². The highest BCUT2D eigenvalue weighted by atomic mass is 35.5. The van der Waals surface area contributed by atoms with E-state index in [9.17, 15) is 4.79 Å². The van der Waals surface area contributed by atoms with Crippen molar-refractivity contribution in [2.24, 2.45) is 5.41 Å². The minimum absolute atomic E-state index is 0. The number of nitrogens with zero attached hydrogens (tertiary/aromatic N) is 2. The molecular weight excluding hydrogens is 276 g/mol. The Balaban J connectivity index is 0.00000147. The summed E-state index contributed by atoms with van der Waals surface area (Å²) in [6.07, 6.45) is 3.56. The highest BCUT2D eigenvalue weighted by Crippen LogP contribution is 2.28. The maximum absolute atomic E-state index is 11.7. The lowest BCUT2D eigenvalue weighted by molar-refractivity contribution is 0.106. The van der Waals surface area contributed by atoms with Crippen LogP contribution in [0.1, 0.15) is 26.2 Å². The largest absolute Gasteiger partial charge is 0.336 e. The molecule has 20 heavy (non-hydrogen) atoms. The number of halogens is 1. The average Bonchev–Trinajstić information content (AvgIpc) is 3.00. The molecule has 0 aromatic rings. The lowest BCUT2D eigenvalue weighted by Gasteiger charge is -2.39. The van der Waals surface area contributed by atoms with Gasteiger partial charge in [0, 0.05) is 45.3 Å². The fourth-order valence-electron chi connectivity index (χ4n) is 3.77. The molecule has 0 aromatic carbocycles. The zero-order valence-electron chi connectivity index (χ0n) is 12.4. The average molecular weight is 303 g/mol. The molecule has 3 fully saturated rings. The Morgan fingerprint density at radius 1 is 1.25 bits per heavy atom. The van der Waals surface area contributed by atoms with Crippen LogP contribution >= 0.6 is 12.4 Å². The van der Waals surface area contributed by atoms with Crippen LogP contribution in [0.4, 0.5) is 4.79 Å². The number of likely N-dealkylation sites (tertiary alicyclic amines) is 1. The van der Waals surface area contributed by atoms with Crippen LogP contribution in [0.2, 0.25) is 0 Å². The molecule has 0 spiro atoms. The standard InChI is InChI=1S/C14H26N4O.ClH/c1-14(4-5-15-10-14)11-17-7-2-12(3-8-17)18-9-6-16-13(18)19;/h12,15H,2-11H2,1H3,(H,16,19);1H. The molecule has 5 nitrogen and oxygen atoms in total. The van der Waals surface area contributed by atoms with E-state index < -0.39 is 0 Å². The van der Waals surface area contributed by atoms with E-state index in [2.05, 4.69) is 22.5 Å². The molecule has 116 valence electrons. The molecule has 0 radical (unpaired) electrons. The van der Waals surface area contributed by atoms with Crippen molar-refractivity contribution in [1.82, 2.24) is 20.4 Å². The quantitative estimate of drug-likeness (QED) is 0.814. The van der Waals surface area contributed by atoms with Crippen LogP contribution in [0.25, 0.3) is 0 Å². The van der Waals surface area contributed by atoms with Crippen LogP contribution in [-0.4, -0.2) is 67.7 Å². The Hall–Kier alpha value is -0.520. The Morgan fingerprint density at radius 2 is 2.00 bits per heavy atom. The van der Waals surface area contributed by atoms with Gasteiger partial charge >= 0.3 is 6.03 Å². The van der Waals surface area contributed by atoms with Gasteiger partial charge in [0.25, 0.3) is 0 Å². The van der Waals surface area contributed by atoms with E-state index in [1.807, 2.05) is 4.90 Å². The predicted molar refractivity (Wildman–Crippen MR) is 82.4 cm³/mol. The van der Waals surface area contributed by atoms with Gasteiger partial charge in [-0.1, -0.05) is 6.92 Å². The Labute approximate surface area is 127 Å². The second kappa shape index (κ2) is 6.50. The molecule has 0 bridgehead atoms. The summed E-state index contributed by atoms with van der Waals surface area (Å²) in [7, 11) is 0. The maximum Gasteiger partial charge on any atom is 0.317 e. The van der Waals surface area contributed by atoms with E-state index in [1.54, 1.807) is 0 Å². The third kappa shape index (κ3) is 3.38. The zero-order valence-corrected chi connectivity index (χ0v) is 13.2. The van der Waals surface area contributed by atoms with Crippen molar-refractivity contribution in [3.05, 3.63) is 0 Å². The molecule has 3 aliphatic heterocycles. The molecule has 0 aliphatic carbocycles. The minimum atomic E-state index is 0. The Kier molecular flexibility index (Phi) is 5.15. The monoisotopic (exact) mass is 302 g/mol. The summed E-state index contributed by atoms with van der Waals surface area (Å²) in [4.78, 5) is 16.3. The zero-order chi connectivity index (χ0) is 13.3. The Bertz CT molecular complexity index is 338. The molecule has 0 saturated carbocycles.